The molecular formula is C13H18N2O2. The maximum atomic E-state index is 11.8. The molecule has 0 aliphatic carbocycles. The number of nitrogens with zero attached hydrogens (tertiary/aromatic N) is 1. The number of hydrogen-bond donors (Lipinski definition) is 1. The number of carbonyl (C=O) groups is 2. The molecule has 1 aromatic rings. The van der Waals surface area contributed by atoms with Crippen molar-refractivity contribution in [2.75, 3.05) is 20.6 Å². The molecule has 0 atom stereocenters. The van der Waals surface area contributed by atoms with Crippen LogP contribution in [-0.2, 0) is 4.79 Å². The molecule has 1 aromatic carbocycles. The van der Waals surface area contributed by atoms with Crippen LogP contribution in [0.2, 0.25) is 0 Å². The van der Waals surface area contributed by atoms with Gasteiger partial charge in [0.05, 0.1) is 6.54 Å². The second-order valence-corrected chi connectivity index (χ2v) is 4.29. The number of likely N-dealkylation sites (N-methyl/N-ethyl adjacent to an activating group) is 1. The van der Waals surface area contributed by atoms with Gasteiger partial charge in [0.1, 0.15) is 0 Å². The van der Waals surface area contributed by atoms with Crippen LogP contribution in [0.3, 0.4) is 0 Å². The van der Waals surface area contributed by atoms with Crippen LogP contribution in [0.25, 0.3) is 0 Å². The van der Waals surface area contributed by atoms with Crippen LogP contribution in [0.15, 0.2) is 18.2 Å². The van der Waals surface area contributed by atoms with Crippen LogP contribution in [0.1, 0.15) is 21.5 Å². The maximum absolute atomic E-state index is 11.8. The third-order valence-corrected chi connectivity index (χ3v) is 2.53. The van der Waals surface area contributed by atoms with Crippen molar-refractivity contribution >= 4 is 11.8 Å². The van der Waals surface area contributed by atoms with Gasteiger partial charge in [-0.25, -0.2) is 0 Å². The first-order valence-corrected chi connectivity index (χ1v) is 5.47. The van der Waals surface area contributed by atoms with Crippen molar-refractivity contribution in [3.63, 3.8) is 0 Å². The normalized spacial score (nSPS) is 9.88. The van der Waals surface area contributed by atoms with E-state index in [9.17, 15) is 9.59 Å². The van der Waals surface area contributed by atoms with Crippen LogP contribution < -0.4 is 5.32 Å². The molecule has 0 aromatic heterocycles. The summed E-state index contributed by atoms with van der Waals surface area (Å²) >= 11 is 0. The molecule has 92 valence electrons. The minimum Gasteiger partial charge on any atom is -0.347 e. The van der Waals surface area contributed by atoms with Gasteiger partial charge < -0.3 is 10.2 Å². The molecule has 4 nitrogen and oxygen atoms in total. The molecule has 0 saturated heterocycles. The lowest BCUT2D eigenvalue weighted by Crippen LogP contribution is -2.36. The molecule has 1 rings (SSSR count). The van der Waals surface area contributed by atoms with E-state index in [1.807, 2.05) is 26.0 Å². The smallest absolute Gasteiger partial charge is 0.251 e. The zero-order valence-electron chi connectivity index (χ0n) is 10.7. The number of carbonyl (C=O) groups excluding carboxylic acids is 2. The van der Waals surface area contributed by atoms with Crippen molar-refractivity contribution in [2.45, 2.75) is 13.8 Å². The predicted octanol–water partition coefficient (Wildman–Crippen LogP) is 1.12. The molecule has 4 heteroatoms. The quantitative estimate of drug-likeness (QED) is 0.852. The molecule has 0 unspecified atom stereocenters. The van der Waals surface area contributed by atoms with Gasteiger partial charge in [-0.15, -0.1) is 0 Å². The first-order chi connectivity index (χ1) is 7.91. The highest BCUT2D eigenvalue weighted by Gasteiger charge is 2.11. The Labute approximate surface area is 102 Å². The number of nitrogens with one attached hydrogen (secondary N) is 1. The Morgan fingerprint density at radius 3 is 2.41 bits per heavy atom. The fraction of sp³-hybridized carbons (Fsp3) is 0.385. The van der Waals surface area contributed by atoms with Crippen molar-refractivity contribution in [3.05, 3.63) is 34.9 Å². The third-order valence-electron chi connectivity index (χ3n) is 2.53. The molecule has 2 amide bonds. The first-order valence-electron chi connectivity index (χ1n) is 5.47. The van der Waals surface area contributed by atoms with Crippen molar-refractivity contribution < 1.29 is 9.59 Å². The fourth-order valence-electron chi connectivity index (χ4n) is 1.48. The molecule has 1 N–H and O–H groups in total. The van der Waals surface area contributed by atoms with Gasteiger partial charge in [-0.2, -0.15) is 0 Å². The summed E-state index contributed by atoms with van der Waals surface area (Å²) in [5.74, 6) is -0.333. The molecule has 0 saturated carbocycles. The molecule has 0 aliphatic heterocycles. The summed E-state index contributed by atoms with van der Waals surface area (Å²) in [6.07, 6.45) is 0. The van der Waals surface area contributed by atoms with E-state index in [0.29, 0.717) is 5.56 Å². The lowest BCUT2D eigenvalue weighted by atomic mass is 10.1. The SMILES string of the molecule is Cc1ccc(C(=O)NCC(=O)N(C)C)c(C)c1. The summed E-state index contributed by atoms with van der Waals surface area (Å²) < 4.78 is 0. The Bertz CT molecular complexity index is 439. The number of aryl methyl sites for hydroxylation is 2. The summed E-state index contributed by atoms with van der Waals surface area (Å²) in [4.78, 5) is 24.6. The van der Waals surface area contributed by atoms with Crippen molar-refractivity contribution in [1.82, 2.24) is 10.2 Å². The highest BCUT2D eigenvalue weighted by molar-refractivity contribution is 5.97. The van der Waals surface area contributed by atoms with Crippen LogP contribution in [0, 0.1) is 13.8 Å². The lowest BCUT2D eigenvalue weighted by Gasteiger charge is -2.12. The number of amides is 2. The minimum absolute atomic E-state index is 0.0269. The van der Waals surface area contributed by atoms with Gasteiger partial charge >= 0.3 is 0 Å². The Hall–Kier alpha value is -1.84. The highest BCUT2D eigenvalue weighted by Crippen LogP contribution is 2.10. The maximum Gasteiger partial charge on any atom is 0.251 e. The minimum atomic E-state index is -0.210. The van der Waals surface area contributed by atoms with Gasteiger partial charge in [-0.1, -0.05) is 17.7 Å². The van der Waals surface area contributed by atoms with E-state index in [1.54, 1.807) is 20.2 Å². The van der Waals surface area contributed by atoms with E-state index in [-0.39, 0.29) is 18.4 Å². The van der Waals surface area contributed by atoms with Gasteiger partial charge in [-0.3, -0.25) is 9.59 Å². The Morgan fingerprint density at radius 2 is 1.88 bits per heavy atom. The summed E-state index contributed by atoms with van der Waals surface area (Å²) in [7, 11) is 3.32. The van der Waals surface area contributed by atoms with Crippen LogP contribution in [-0.4, -0.2) is 37.4 Å². The van der Waals surface area contributed by atoms with E-state index in [1.165, 1.54) is 4.90 Å². The largest absolute Gasteiger partial charge is 0.347 e. The first kappa shape index (κ1) is 13.2. The van der Waals surface area contributed by atoms with E-state index in [2.05, 4.69) is 5.32 Å². The summed E-state index contributed by atoms with van der Waals surface area (Å²) in [6, 6.07) is 5.61. The van der Waals surface area contributed by atoms with Crippen LogP contribution >= 0.6 is 0 Å². The zero-order valence-corrected chi connectivity index (χ0v) is 10.7. The molecule has 0 bridgehead atoms. The van der Waals surface area contributed by atoms with Crippen molar-refractivity contribution in [1.29, 1.82) is 0 Å². The molecule has 0 spiro atoms. The summed E-state index contributed by atoms with van der Waals surface area (Å²) in [6.45, 7) is 3.89. The van der Waals surface area contributed by atoms with Crippen molar-refractivity contribution in [2.24, 2.45) is 0 Å². The van der Waals surface area contributed by atoms with Crippen LogP contribution in [0.4, 0.5) is 0 Å². The second kappa shape index (κ2) is 5.48. The predicted molar refractivity (Wildman–Crippen MR) is 66.9 cm³/mol. The molecular weight excluding hydrogens is 216 g/mol. The Balaban J connectivity index is 2.68. The zero-order chi connectivity index (χ0) is 13.0. The van der Waals surface area contributed by atoms with Gasteiger partial charge in [0.25, 0.3) is 5.91 Å². The van der Waals surface area contributed by atoms with E-state index >= 15 is 0 Å². The molecule has 0 heterocycles. The third kappa shape index (κ3) is 3.59. The average molecular weight is 234 g/mol. The number of benzene rings is 1. The van der Waals surface area contributed by atoms with Gasteiger partial charge in [0, 0.05) is 19.7 Å². The molecule has 0 aliphatic rings. The highest BCUT2D eigenvalue weighted by atomic mass is 16.2. The van der Waals surface area contributed by atoms with E-state index in [0.717, 1.165) is 11.1 Å². The lowest BCUT2D eigenvalue weighted by molar-refractivity contribution is -0.127. The molecule has 0 fully saturated rings. The summed E-state index contributed by atoms with van der Waals surface area (Å²) in [5, 5.41) is 2.61. The standard InChI is InChI=1S/C13H18N2O2/c1-9-5-6-11(10(2)7-9)13(17)14-8-12(16)15(3)4/h5-7H,8H2,1-4H3,(H,14,17). The molecule has 17 heavy (non-hydrogen) atoms. The average Bonchev–Trinajstić information content (AvgIpc) is 2.25. The van der Waals surface area contributed by atoms with Gasteiger partial charge in [0.15, 0.2) is 0 Å². The Kier molecular flexibility index (Phi) is 4.26. The van der Waals surface area contributed by atoms with E-state index in [4.69, 9.17) is 0 Å². The van der Waals surface area contributed by atoms with Crippen molar-refractivity contribution in [3.8, 4) is 0 Å². The number of hydrogen-bond acceptors (Lipinski definition) is 2. The fourth-order valence-corrected chi connectivity index (χ4v) is 1.48. The molecule has 0 radical (unpaired) electrons. The van der Waals surface area contributed by atoms with Gasteiger partial charge in [-0.05, 0) is 25.5 Å². The topological polar surface area (TPSA) is 49.4 Å². The van der Waals surface area contributed by atoms with Crippen LogP contribution in [0.5, 0.6) is 0 Å². The monoisotopic (exact) mass is 234 g/mol. The second-order valence-electron chi connectivity index (χ2n) is 4.29. The summed E-state index contributed by atoms with van der Waals surface area (Å²) in [5.41, 5.74) is 2.64. The van der Waals surface area contributed by atoms with E-state index < -0.39 is 0 Å². The number of rotatable bonds is 3. The van der Waals surface area contributed by atoms with Gasteiger partial charge in [0.2, 0.25) is 5.91 Å². The Morgan fingerprint density at radius 1 is 1.24 bits per heavy atom.